The number of halogens is 1. The summed E-state index contributed by atoms with van der Waals surface area (Å²) in [4.78, 5) is 13.3. The summed E-state index contributed by atoms with van der Waals surface area (Å²) in [5, 5.41) is 3.32. The Hall–Kier alpha value is -0.320. The number of nitrogens with zero attached hydrogens (tertiary/aromatic N) is 1. The zero-order valence-electron chi connectivity index (χ0n) is 9.33. The highest BCUT2D eigenvalue weighted by atomic mass is 35.5. The van der Waals surface area contributed by atoms with Crippen molar-refractivity contribution in [1.82, 2.24) is 10.2 Å². The lowest BCUT2D eigenvalue weighted by molar-refractivity contribution is -0.140. The number of esters is 1. The van der Waals surface area contributed by atoms with E-state index in [0.29, 0.717) is 6.42 Å². The number of hydrogen-bond donors (Lipinski definition) is 1. The van der Waals surface area contributed by atoms with E-state index in [-0.39, 0.29) is 18.4 Å². The number of piperazine rings is 1. The molecule has 1 N–H and O–H groups in total. The van der Waals surface area contributed by atoms with E-state index in [4.69, 9.17) is 0 Å². The first-order chi connectivity index (χ1) is 6.83. The Labute approximate surface area is 97.8 Å². The molecule has 1 aliphatic rings. The van der Waals surface area contributed by atoms with E-state index < -0.39 is 0 Å². The van der Waals surface area contributed by atoms with Crippen molar-refractivity contribution in [1.29, 1.82) is 0 Å². The highest BCUT2D eigenvalue weighted by Gasteiger charge is 2.08. The van der Waals surface area contributed by atoms with Gasteiger partial charge in [-0.1, -0.05) is 0 Å². The molecule has 0 atom stereocenters. The Kier molecular flexibility index (Phi) is 8.76. The predicted molar refractivity (Wildman–Crippen MR) is 62.4 cm³/mol. The number of nitrogens with one attached hydrogen (secondary N) is 1. The largest absolute Gasteiger partial charge is 0.469 e. The zero-order valence-corrected chi connectivity index (χ0v) is 10.1. The fourth-order valence-corrected chi connectivity index (χ4v) is 1.64. The molecule has 0 bridgehead atoms. The minimum atomic E-state index is -0.0923. The highest BCUT2D eigenvalue weighted by molar-refractivity contribution is 5.85. The Morgan fingerprint density at radius 1 is 1.33 bits per heavy atom. The van der Waals surface area contributed by atoms with Gasteiger partial charge in [0.15, 0.2) is 0 Å². The van der Waals surface area contributed by atoms with Crippen LogP contribution in [0.5, 0.6) is 0 Å². The summed E-state index contributed by atoms with van der Waals surface area (Å²) in [5.74, 6) is -0.0923. The third-order valence-corrected chi connectivity index (χ3v) is 2.54. The Bertz CT molecular complexity index is 173. The lowest BCUT2D eigenvalue weighted by Crippen LogP contribution is -2.43. The van der Waals surface area contributed by atoms with Crippen molar-refractivity contribution in [3.63, 3.8) is 0 Å². The van der Waals surface area contributed by atoms with Crippen LogP contribution in [0.15, 0.2) is 0 Å². The number of carbonyl (C=O) groups is 1. The molecule has 1 aliphatic heterocycles. The lowest BCUT2D eigenvalue weighted by atomic mass is 10.2. The minimum Gasteiger partial charge on any atom is -0.469 e. The molecule has 1 rings (SSSR count). The van der Waals surface area contributed by atoms with Crippen molar-refractivity contribution in [3.8, 4) is 0 Å². The van der Waals surface area contributed by atoms with Crippen LogP contribution in [0.2, 0.25) is 0 Å². The van der Waals surface area contributed by atoms with E-state index in [0.717, 1.165) is 45.6 Å². The predicted octanol–water partition coefficient (Wildman–Crippen LogP) is 0.657. The molecule has 0 radical (unpaired) electrons. The maximum Gasteiger partial charge on any atom is 0.305 e. The molecule has 1 saturated heterocycles. The maximum atomic E-state index is 10.8. The molecule has 0 spiro atoms. The number of ether oxygens (including phenoxy) is 1. The second-order valence-corrected chi connectivity index (χ2v) is 3.62. The molecule has 0 unspecified atom stereocenters. The molecule has 0 amide bonds. The van der Waals surface area contributed by atoms with Gasteiger partial charge in [-0.05, 0) is 19.4 Å². The number of methoxy groups -OCH3 is 1. The van der Waals surface area contributed by atoms with E-state index in [2.05, 4.69) is 15.0 Å². The summed E-state index contributed by atoms with van der Waals surface area (Å²) in [7, 11) is 1.44. The van der Waals surface area contributed by atoms with Crippen LogP contribution in [0.1, 0.15) is 19.3 Å². The third kappa shape index (κ3) is 6.71. The average molecular weight is 237 g/mol. The molecule has 90 valence electrons. The third-order valence-electron chi connectivity index (χ3n) is 2.54. The molecule has 0 saturated carbocycles. The zero-order chi connectivity index (χ0) is 10.2. The SMILES string of the molecule is COC(=O)CCCCN1CCNCC1.Cl. The average Bonchev–Trinajstić information content (AvgIpc) is 2.25. The van der Waals surface area contributed by atoms with E-state index in [1.807, 2.05) is 0 Å². The summed E-state index contributed by atoms with van der Waals surface area (Å²) in [6, 6.07) is 0. The molecule has 0 aliphatic carbocycles. The van der Waals surface area contributed by atoms with Gasteiger partial charge in [-0.15, -0.1) is 12.4 Å². The smallest absolute Gasteiger partial charge is 0.305 e. The van der Waals surface area contributed by atoms with Gasteiger partial charge in [0.1, 0.15) is 0 Å². The first-order valence-corrected chi connectivity index (χ1v) is 5.33. The van der Waals surface area contributed by atoms with E-state index in [1.165, 1.54) is 7.11 Å². The van der Waals surface area contributed by atoms with Crippen LogP contribution in [0.25, 0.3) is 0 Å². The van der Waals surface area contributed by atoms with Crippen LogP contribution in [-0.2, 0) is 9.53 Å². The topological polar surface area (TPSA) is 41.6 Å². The van der Waals surface area contributed by atoms with Gasteiger partial charge in [-0.3, -0.25) is 4.79 Å². The van der Waals surface area contributed by atoms with Crippen LogP contribution in [0, 0.1) is 0 Å². The Balaban J connectivity index is 0.00000196. The fourth-order valence-electron chi connectivity index (χ4n) is 1.64. The standard InChI is InChI=1S/C10H20N2O2.ClH/c1-14-10(13)4-2-3-7-12-8-5-11-6-9-12;/h11H,2-9H2,1H3;1H. The van der Waals surface area contributed by atoms with Crippen LogP contribution < -0.4 is 5.32 Å². The van der Waals surface area contributed by atoms with Gasteiger partial charge < -0.3 is 15.0 Å². The van der Waals surface area contributed by atoms with Crippen LogP contribution in [0.4, 0.5) is 0 Å². The molecule has 0 aromatic rings. The summed E-state index contributed by atoms with van der Waals surface area (Å²) >= 11 is 0. The molecule has 15 heavy (non-hydrogen) atoms. The number of unbranched alkanes of at least 4 members (excludes halogenated alkanes) is 1. The fraction of sp³-hybridized carbons (Fsp3) is 0.900. The Morgan fingerprint density at radius 2 is 2.00 bits per heavy atom. The summed E-state index contributed by atoms with van der Waals surface area (Å²) < 4.78 is 4.58. The van der Waals surface area contributed by atoms with Gasteiger partial charge in [0.25, 0.3) is 0 Å². The molecular weight excluding hydrogens is 216 g/mol. The van der Waals surface area contributed by atoms with Gasteiger partial charge in [0.05, 0.1) is 7.11 Å². The van der Waals surface area contributed by atoms with E-state index in [9.17, 15) is 4.79 Å². The first kappa shape index (κ1) is 14.7. The molecular formula is C10H21ClN2O2. The molecule has 4 nitrogen and oxygen atoms in total. The quantitative estimate of drug-likeness (QED) is 0.563. The van der Waals surface area contributed by atoms with Crippen molar-refractivity contribution < 1.29 is 9.53 Å². The highest BCUT2D eigenvalue weighted by Crippen LogP contribution is 2.01. The molecule has 0 aromatic carbocycles. The van der Waals surface area contributed by atoms with E-state index >= 15 is 0 Å². The van der Waals surface area contributed by atoms with Gasteiger partial charge in [0.2, 0.25) is 0 Å². The summed E-state index contributed by atoms with van der Waals surface area (Å²) in [6.45, 7) is 5.57. The van der Waals surface area contributed by atoms with Crippen molar-refractivity contribution in [2.45, 2.75) is 19.3 Å². The minimum absolute atomic E-state index is 0. The maximum absolute atomic E-state index is 10.8. The second kappa shape index (κ2) is 8.95. The second-order valence-electron chi connectivity index (χ2n) is 3.62. The van der Waals surface area contributed by atoms with Crippen LogP contribution >= 0.6 is 12.4 Å². The van der Waals surface area contributed by atoms with Gasteiger partial charge in [-0.2, -0.15) is 0 Å². The summed E-state index contributed by atoms with van der Waals surface area (Å²) in [5.41, 5.74) is 0. The summed E-state index contributed by atoms with van der Waals surface area (Å²) in [6.07, 6.45) is 2.59. The van der Waals surface area contributed by atoms with Crippen LogP contribution in [0.3, 0.4) is 0 Å². The first-order valence-electron chi connectivity index (χ1n) is 5.33. The van der Waals surface area contributed by atoms with Crippen molar-refractivity contribution in [3.05, 3.63) is 0 Å². The normalized spacial score (nSPS) is 16.9. The number of rotatable bonds is 5. The van der Waals surface area contributed by atoms with Crippen molar-refractivity contribution in [2.24, 2.45) is 0 Å². The monoisotopic (exact) mass is 236 g/mol. The van der Waals surface area contributed by atoms with Gasteiger partial charge in [0, 0.05) is 32.6 Å². The van der Waals surface area contributed by atoms with Crippen molar-refractivity contribution >= 4 is 18.4 Å². The number of carbonyl (C=O) groups excluding carboxylic acids is 1. The molecule has 1 fully saturated rings. The van der Waals surface area contributed by atoms with Gasteiger partial charge >= 0.3 is 5.97 Å². The molecule has 0 aromatic heterocycles. The molecule has 1 heterocycles. The van der Waals surface area contributed by atoms with E-state index in [1.54, 1.807) is 0 Å². The Morgan fingerprint density at radius 3 is 2.60 bits per heavy atom. The van der Waals surface area contributed by atoms with Crippen LogP contribution in [-0.4, -0.2) is 50.7 Å². The number of hydrogen-bond acceptors (Lipinski definition) is 4. The van der Waals surface area contributed by atoms with Gasteiger partial charge in [-0.25, -0.2) is 0 Å². The lowest BCUT2D eigenvalue weighted by Gasteiger charge is -2.26. The molecule has 5 heteroatoms. The van der Waals surface area contributed by atoms with Crippen molar-refractivity contribution in [2.75, 3.05) is 39.8 Å².